The Balaban J connectivity index is 1.70. The van der Waals surface area contributed by atoms with Crippen LogP contribution in [0.15, 0.2) is 122 Å². The third-order valence-electron chi connectivity index (χ3n) is 7.74. The number of pyridine rings is 1. The van der Waals surface area contributed by atoms with Gasteiger partial charge in [-0.05, 0) is 57.1 Å². The van der Waals surface area contributed by atoms with E-state index in [1.165, 1.54) is 5.39 Å². The smallest absolute Gasteiger partial charge is 0.172 e. The molecule has 0 bridgehead atoms. The number of aromatic amines is 1. The molecule has 5 aromatic carbocycles. The summed E-state index contributed by atoms with van der Waals surface area (Å²) in [4.78, 5) is 7.92. The van der Waals surface area contributed by atoms with Crippen LogP contribution < -0.4 is 15.9 Å². The van der Waals surface area contributed by atoms with Crippen LogP contribution in [-0.2, 0) is 4.57 Å². The largest absolute Gasteiger partial charge is 0.361 e. The highest BCUT2D eigenvalue weighted by molar-refractivity contribution is 7.85. The van der Waals surface area contributed by atoms with Gasteiger partial charge in [-0.25, -0.2) is 0 Å². The van der Waals surface area contributed by atoms with Crippen LogP contribution in [0.1, 0.15) is 0 Å². The van der Waals surface area contributed by atoms with Crippen LogP contribution in [0.25, 0.3) is 54.7 Å². The molecule has 3 nitrogen and oxygen atoms in total. The minimum absolute atomic E-state index is 0.842. The second-order valence-corrected chi connectivity index (χ2v) is 12.3. The summed E-state index contributed by atoms with van der Waals surface area (Å²) in [5.74, 6) is 0. The highest BCUT2D eigenvalue weighted by atomic mass is 31.2. The Morgan fingerprint density at radius 3 is 2.24 bits per heavy atom. The molecule has 1 N–H and O–H groups in total. The van der Waals surface area contributed by atoms with Crippen molar-refractivity contribution >= 4 is 55.5 Å². The van der Waals surface area contributed by atoms with Crippen molar-refractivity contribution in [3.05, 3.63) is 122 Å². The summed E-state index contributed by atoms with van der Waals surface area (Å²) in [5, 5.41) is 8.23. The van der Waals surface area contributed by atoms with E-state index in [9.17, 15) is 0 Å². The minimum Gasteiger partial charge on any atom is -0.361 e. The molecule has 0 amide bonds. The Labute approximate surface area is 213 Å². The van der Waals surface area contributed by atoms with E-state index in [2.05, 4.69) is 76.7 Å². The molecule has 4 heteroatoms. The Bertz CT molecular complexity index is 2070. The predicted molar refractivity (Wildman–Crippen MR) is 155 cm³/mol. The van der Waals surface area contributed by atoms with Crippen molar-refractivity contribution in [2.24, 2.45) is 0 Å². The van der Waals surface area contributed by atoms with E-state index >= 15 is 4.57 Å². The van der Waals surface area contributed by atoms with Gasteiger partial charge in [0, 0.05) is 56.4 Å². The lowest BCUT2D eigenvalue weighted by atomic mass is 9.85. The topological polar surface area (TPSA) is 45.8 Å². The first-order valence-corrected chi connectivity index (χ1v) is 14.1. The SMILES string of the molecule is O=P1(c2ccccc2)c2ccccc2-c2c(c3cnccc3c3ccccc23)-c2cc3cc[nH]c3cc21. The van der Waals surface area contributed by atoms with Crippen LogP contribution in [0.5, 0.6) is 0 Å². The molecule has 174 valence electrons. The maximum atomic E-state index is 15.8. The van der Waals surface area contributed by atoms with E-state index in [0.29, 0.717) is 0 Å². The first kappa shape index (κ1) is 20.7. The molecule has 1 aliphatic heterocycles. The van der Waals surface area contributed by atoms with Gasteiger partial charge in [0.15, 0.2) is 7.14 Å². The third-order valence-corrected chi connectivity index (χ3v) is 10.9. The molecule has 0 aliphatic carbocycles. The molecule has 0 spiro atoms. The zero-order chi connectivity index (χ0) is 24.6. The van der Waals surface area contributed by atoms with E-state index in [4.69, 9.17) is 0 Å². The molecular formula is C33H21N2OP. The number of nitrogens with one attached hydrogen (secondary N) is 1. The fourth-order valence-electron chi connectivity index (χ4n) is 6.15. The minimum atomic E-state index is -3.25. The lowest BCUT2D eigenvalue weighted by Crippen LogP contribution is -2.26. The molecule has 37 heavy (non-hydrogen) atoms. The number of rotatable bonds is 1. The van der Waals surface area contributed by atoms with Crippen LogP contribution >= 0.6 is 7.14 Å². The fourth-order valence-corrected chi connectivity index (χ4v) is 9.20. The first-order valence-electron chi connectivity index (χ1n) is 12.4. The summed E-state index contributed by atoms with van der Waals surface area (Å²) >= 11 is 0. The highest BCUT2D eigenvalue weighted by Gasteiger charge is 2.39. The molecule has 0 saturated heterocycles. The molecule has 1 unspecified atom stereocenters. The summed E-state index contributed by atoms with van der Waals surface area (Å²) in [7, 11) is -3.25. The molecule has 2 aromatic heterocycles. The lowest BCUT2D eigenvalue weighted by molar-refractivity contribution is 0.592. The Kier molecular flexibility index (Phi) is 4.21. The second kappa shape index (κ2) is 7.52. The highest BCUT2D eigenvalue weighted by Crippen LogP contribution is 2.55. The number of benzene rings is 5. The number of aromatic nitrogens is 2. The summed E-state index contributed by atoms with van der Waals surface area (Å²) < 4.78 is 15.8. The molecule has 7 aromatic rings. The summed E-state index contributed by atoms with van der Waals surface area (Å²) in [6.45, 7) is 0. The Morgan fingerprint density at radius 1 is 0.622 bits per heavy atom. The average Bonchev–Trinajstić information content (AvgIpc) is 3.40. The number of hydrogen-bond acceptors (Lipinski definition) is 2. The molecule has 0 saturated carbocycles. The summed E-state index contributed by atoms with van der Waals surface area (Å²) in [6.07, 6.45) is 5.77. The Morgan fingerprint density at radius 2 is 1.35 bits per heavy atom. The molecule has 1 aliphatic rings. The third kappa shape index (κ3) is 2.72. The normalized spacial score (nSPS) is 16.3. The van der Waals surface area contributed by atoms with Crippen molar-refractivity contribution in [1.29, 1.82) is 0 Å². The summed E-state index contributed by atoms with van der Waals surface area (Å²) in [6, 6.07) is 35.3. The number of fused-ring (bicyclic) bond motifs is 11. The Hall–Kier alpha value is -4.46. The fraction of sp³-hybridized carbons (Fsp3) is 0. The van der Waals surface area contributed by atoms with Gasteiger partial charge >= 0.3 is 0 Å². The standard InChI is InChI=1S/C33H21N2OP/c36-37(22-8-2-1-3-9-22)30-13-7-6-12-26(30)32-25-11-5-4-10-23(25)24-15-16-34-20-28(24)33(32)27-18-21-14-17-35-29(21)19-31(27)37/h1-20,35H. The molecule has 3 heterocycles. The molecule has 0 radical (unpaired) electrons. The van der Waals surface area contributed by atoms with Crippen molar-refractivity contribution in [2.45, 2.75) is 0 Å². The van der Waals surface area contributed by atoms with E-state index < -0.39 is 7.14 Å². The number of nitrogens with zero attached hydrogens (tertiary/aromatic N) is 1. The zero-order valence-electron chi connectivity index (χ0n) is 19.8. The first-order chi connectivity index (χ1) is 18.2. The number of hydrogen-bond donors (Lipinski definition) is 1. The van der Waals surface area contributed by atoms with Gasteiger partial charge in [-0.2, -0.15) is 0 Å². The zero-order valence-corrected chi connectivity index (χ0v) is 20.7. The quantitative estimate of drug-likeness (QED) is 0.195. The van der Waals surface area contributed by atoms with Crippen molar-refractivity contribution < 1.29 is 4.57 Å². The van der Waals surface area contributed by atoms with Crippen LogP contribution in [0, 0.1) is 0 Å². The van der Waals surface area contributed by atoms with Gasteiger partial charge in [-0.15, -0.1) is 0 Å². The van der Waals surface area contributed by atoms with Gasteiger partial charge in [-0.1, -0.05) is 78.9 Å². The van der Waals surface area contributed by atoms with Gasteiger partial charge in [0.1, 0.15) is 0 Å². The maximum absolute atomic E-state index is 15.8. The van der Waals surface area contributed by atoms with E-state index in [0.717, 1.165) is 65.2 Å². The lowest BCUT2D eigenvalue weighted by Gasteiger charge is -2.22. The number of H-pyrrole nitrogens is 1. The van der Waals surface area contributed by atoms with Crippen LogP contribution in [-0.4, -0.2) is 9.97 Å². The van der Waals surface area contributed by atoms with Crippen LogP contribution in [0.4, 0.5) is 0 Å². The van der Waals surface area contributed by atoms with Crippen molar-refractivity contribution in [3.8, 4) is 22.3 Å². The van der Waals surface area contributed by atoms with Crippen LogP contribution in [0.2, 0.25) is 0 Å². The predicted octanol–water partition coefficient (Wildman–Crippen LogP) is 7.16. The maximum Gasteiger partial charge on any atom is 0.172 e. The van der Waals surface area contributed by atoms with Crippen molar-refractivity contribution in [3.63, 3.8) is 0 Å². The van der Waals surface area contributed by atoms with Crippen molar-refractivity contribution in [1.82, 2.24) is 9.97 Å². The van der Waals surface area contributed by atoms with E-state index in [-0.39, 0.29) is 0 Å². The monoisotopic (exact) mass is 492 g/mol. The van der Waals surface area contributed by atoms with Crippen molar-refractivity contribution in [2.75, 3.05) is 0 Å². The van der Waals surface area contributed by atoms with E-state index in [1.807, 2.05) is 55.0 Å². The molecular weight excluding hydrogens is 471 g/mol. The van der Waals surface area contributed by atoms with Gasteiger partial charge < -0.3 is 9.55 Å². The van der Waals surface area contributed by atoms with Gasteiger partial charge in [-0.3, -0.25) is 4.98 Å². The summed E-state index contributed by atoms with van der Waals surface area (Å²) in [5.41, 5.74) is 5.23. The van der Waals surface area contributed by atoms with Gasteiger partial charge in [0.2, 0.25) is 0 Å². The van der Waals surface area contributed by atoms with Gasteiger partial charge in [0.25, 0.3) is 0 Å². The average molecular weight is 493 g/mol. The van der Waals surface area contributed by atoms with Crippen LogP contribution in [0.3, 0.4) is 0 Å². The molecule has 1 atom stereocenters. The molecule has 8 rings (SSSR count). The molecule has 0 fully saturated rings. The second-order valence-electron chi connectivity index (χ2n) is 9.61. The van der Waals surface area contributed by atoms with Gasteiger partial charge in [0.05, 0.1) is 0 Å². The van der Waals surface area contributed by atoms with E-state index in [1.54, 1.807) is 0 Å².